The van der Waals surface area contributed by atoms with E-state index in [-0.39, 0.29) is 0 Å². The van der Waals surface area contributed by atoms with Crippen LogP contribution in [0.1, 0.15) is 18.4 Å². The number of carbonyl (C=O) groups excluding carboxylic acids is 2. The van der Waals surface area contributed by atoms with Crippen LogP contribution in [0.15, 0.2) is 54.6 Å². The van der Waals surface area contributed by atoms with Crippen LogP contribution in [-0.2, 0) is 16.2 Å². The molecule has 5 heteroatoms. The van der Waals surface area contributed by atoms with Crippen molar-refractivity contribution in [2.45, 2.75) is 19.4 Å². The molecule has 24 heavy (non-hydrogen) atoms. The van der Waals surface area contributed by atoms with Crippen molar-refractivity contribution in [1.29, 1.82) is 0 Å². The number of amides is 2. The number of rotatable bonds is 4. The summed E-state index contributed by atoms with van der Waals surface area (Å²) >= 11 is 0. The monoisotopic (exact) mass is 324 g/mol. The van der Waals surface area contributed by atoms with Gasteiger partial charge in [0.15, 0.2) is 0 Å². The lowest BCUT2D eigenvalue weighted by molar-refractivity contribution is -0.142. The SMILES string of the molecule is O=C(Nc1ccc(OCc2ccccc2)cc1)C(=O)N1CCCC1. The lowest BCUT2D eigenvalue weighted by Gasteiger charge is -2.14. The zero-order valence-corrected chi connectivity index (χ0v) is 13.4. The molecule has 1 heterocycles. The molecule has 2 amide bonds. The second-order valence-corrected chi connectivity index (χ2v) is 5.75. The Bertz CT molecular complexity index is 692. The molecule has 1 fully saturated rings. The fraction of sp³-hybridized carbons (Fsp3) is 0.263. The number of carbonyl (C=O) groups is 2. The maximum Gasteiger partial charge on any atom is 0.313 e. The molecular formula is C19H20N2O3. The van der Waals surface area contributed by atoms with Gasteiger partial charge >= 0.3 is 11.8 Å². The van der Waals surface area contributed by atoms with Gasteiger partial charge in [-0.15, -0.1) is 0 Å². The number of hydrogen-bond donors (Lipinski definition) is 1. The molecule has 0 bridgehead atoms. The molecule has 1 saturated heterocycles. The van der Waals surface area contributed by atoms with Crippen LogP contribution in [-0.4, -0.2) is 29.8 Å². The minimum Gasteiger partial charge on any atom is -0.489 e. The predicted octanol–water partition coefficient (Wildman–Crippen LogP) is 2.83. The summed E-state index contributed by atoms with van der Waals surface area (Å²) in [6.45, 7) is 1.82. The van der Waals surface area contributed by atoms with Crippen LogP contribution in [0.5, 0.6) is 5.75 Å². The number of ether oxygens (including phenoxy) is 1. The minimum atomic E-state index is -0.588. The van der Waals surface area contributed by atoms with Gasteiger partial charge in [-0.3, -0.25) is 9.59 Å². The van der Waals surface area contributed by atoms with Crippen molar-refractivity contribution < 1.29 is 14.3 Å². The molecule has 0 aliphatic carbocycles. The summed E-state index contributed by atoms with van der Waals surface area (Å²) in [7, 11) is 0. The molecular weight excluding hydrogens is 304 g/mol. The number of nitrogens with one attached hydrogen (secondary N) is 1. The van der Waals surface area contributed by atoms with Crippen molar-refractivity contribution in [3.63, 3.8) is 0 Å². The largest absolute Gasteiger partial charge is 0.489 e. The molecule has 0 unspecified atom stereocenters. The number of benzene rings is 2. The molecule has 1 aliphatic rings. The number of hydrogen-bond acceptors (Lipinski definition) is 3. The van der Waals surface area contributed by atoms with Gasteiger partial charge in [0, 0.05) is 18.8 Å². The Morgan fingerprint density at radius 1 is 0.958 bits per heavy atom. The fourth-order valence-electron chi connectivity index (χ4n) is 2.62. The van der Waals surface area contributed by atoms with Crippen molar-refractivity contribution in [3.8, 4) is 5.75 Å². The summed E-state index contributed by atoms with van der Waals surface area (Å²) < 4.78 is 5.69. The highest BCUT2D eigenvalue weighted by atomic mass is 16.5. The summed E-state index contributed by atoms with van der Waals surface area (Å²) in [5, 5.41) is 2.63. The molecule has 2 aromatic rings. The summed E-state index contributed by atoms with van der Waals surface area (Å²) in [6, 6.07) is 16.9. The molecule has 0 saturated carbocycles. The first-order valence-corrected chi connectivity index (χ1v) is 8.09. The smallest absolute Gasteiger partial charge is 0.313 e. The first kappa shape index (κ1) is 16.1. The van der Waals surface area contributed by atoms with Crippen LogP contribution in [0, 0.1) is 0 Å². The van der Waals surface area contributed by atoms with Gasteiger partial charge in [-0.25, -0.2) is 0 Å². The van der Waals surface area contributed by atoms with Crippen LogP contribution in [0.2, 0.25) is 0 Å². The van der Waals surface area contributed by atoms with E-state index in [1.165, 1.54) is 0 Å². The first-order chi connectivity index (χ1) is 11.7. The normalized spacial score (nSPS) is 13.6. The summed E-state index contributed by atoms with van der Waals surface area (Å²) in [6.07, 6.45) is 1.93. The van der Waals surface area contributed by atoms with E-state index in [0.29, 0.717) is 31.1 Å². The molecule has 0 aromatic heterocycles. The van der Waals surface area contributed by atoms with Gasteiger partial charge < -0.3 is 15.0 Å². The average molecular weight is 324 g/mol. The predicted molar refractivity (Wildman–Crippen MR) is 91.7 cm³/mol. The lowest BCUT2D eigenvalue weighted by atomic mass is 10.2. The molecule has 0 spiro atoms. The Morgan fingerprint density at radius 2 is 1.62 bits per heavy atom. The van der Waals surface area contributed by atoms with Crippen LogP contribution < -0.4 is 10.1 Å². The quantitative estimate of drug-likeness (QED) is 0.880. The van der Waals surface area contributed by atoms with Crippen LogP contribution in [0.3, 0.4) is 0 Å². The van der Waals surface area contributed by atoms with Gasteiger partial charge in [0.05, 0.1) is 0 Å². The van der Waals surface area contributed by atoms with E-state index >= 15 is 0 Å². The Morgan fingerprint density at radius 3 is 2.29 bits per heavy atom. The highest BCUT2D eigenvalue weighted by Gasteiger charge is 2.24. The third-order valence-electron chi connectivity index (χ3n) is 3.95. The van der Waals surface area contributed by atoms with E-state index in [1.54, 1.807) is 29.2 Å². The van der Waals surface area contributed by atoms with Crippen molar-refractivity contribution in [3.05, 3.63) is 60.2 Å². The number of anilines is 1. The van der Waals surface area contributed by atoms with Gasteiger partial charge in [0.2, 0.25) is 0 Å². The second kappa shape index (κ2) is 7.64. The molecule has 5 nitrogen and oxygen atoms in total. The molecule has 0 radical (unpaired) electrons. The van der Waals surface area contributed by atoms with Crippen molar-refractivity contribution >= 4 is 17.5 Å². The van der Waals surface area contributed by atoms with E-state index in [2.05, 4.69) is 5.32 Å². The number of likely N-dealkylation sites (tertiary alicyclic amines) is 1. The lowest BCUT2D eigenvalue weighted by Crippen LogP contribution is -2.37. The van der Waals surface area contributed by atoms with E-state index in [9.17, 15) is 9.59 Å². The van der Waals surface area contributed by atoms with Gasteiger partial charge in [0.25, 0.3) is 0 Å². The Labute approximate surface area is 141 Å². The molecule has 0 atom stereocenters. The topological polar surface area (TPSA) is 58.6 Å². The molecule has 1 aliphatic heterocycles. The first-order valence-electron chi connectivity index (χ1n) is 8.09. The van der Waals surface area contributed by atoms with E-state index in [4.69, 9.17) is 4.74 Å². The standard InChI is InChI=1S/C19H20N2O3/c22-18(19(23)21-12-4-5-13-21)20-16-8-10-17(11-9-16)24-14-15-6-2-1-3-7-15/h1-3,6-11H,4-5,12-14H2,(H,20,22). The molecule has 1 N–H and O–H groups in total. The second-order valence-electron chi connectivity index (χ2n) is 5.75. The Hall–Kier alpha value is -2.82. The van der Waals surface area contributed by atoms with Gasteiger partial charge in [-0.2, -0.15) is 0 Å². The third kappa shape index (κ3) is 4.13. The van der Waals surface area contributed by atoms with Crippen LogP contribution in [0.25, 0.3) is 0 Å². The minimum absolute atomic E-state index is 0.461. The molecule has 124 valence electrons. The van der Waals surface area contributed by atoms with E-state index < -0.39 is 11.8 Å². The van der Waals surface area contributed by atoms with Gasteiger partial charge in [-0.05, 0) is 42.7 Å². The maximum absolute atomic E-state index is 12.0. The highest BCUT2D eigenvalue weighted by Crippen LogP contribution is 2.17. The number of nitrogens with zero attached hydrogens (tertiary/aromatic N) is 1. The highest BCUT2D eigenvalue weighted by molar-refractivity contribution is 6.39. The van der Waals surface area contributed by atoms with Gasteiger partial charge in [0.1, 0.15) is 12.4 Å². The van der Waals surface area contributed by atoms with Crippen LogP contribution >= 0.6 is 0 Å². The Balaban J connectivity index is 1.52. The van der Waals surface area contributed by atoms with Crippen molar-refractivity contribution in [1.82, 2.24) is 4.90 Å². The zero-order chi connectivity index (χ0) is 16.8. The molecule has 3 rings (SSSR count). The average Bonchev–Trinajstić information content (AvgIpc) is 3.16. The van der Waals surface area contributed by atoms with E-state index in [0.717, 1.165) is 18.4 Å². The maximum atomic E-state index is 12.0. The molecule has 2 aromatic carbocycles. The van der Waals surface area contributed by atoms with Crippen molar-refractivity contribution in [2.75, 3.05) is 18.4 Å². The van der Waals surface area contributed by atoms with E-state index in [1.807, 2.05) is 30.3 Å². The summed E-state index contributed by atoms with van der Waals surface area (Å²) in [5.41, 5.74) is 1.67. The summed E-state index contributed by atoms with van der Waals surface area (Å²) in [4.78, 5) is 25.5. The summed E-state index contributed by atoms with van der Waals surface area (Å²) in [5.74, 6) is -0.338. The Kier molecular flexibility index (Phi) is 5.11. The fourth-order valence-corrected chi connectivity index (χ4v) is 2.62. The van der Waals surface area contributed by atoms with Gasteiger partial charge in [-0.1, -0.05) is 30.3 Å². The zero-order valence-electron chi connectivity index (χ0n) is 13.4. The van der Waals surface area contributed by atoms with Crippen LogP contribution in [0.4, 0.5) is 5.69 Å². The van der Waals surface area contributed by atoms with Crippen molar-refractivity contribution in [2.24, 2.45) is 0 Å². The third-order valence-corrected chi connectivity index (χ3v) is 3.95.